The summed E-state index contributed by atoms with van der Waals surface area (Å²) in [6.07, 6.45) is -0.140. The maximum absolute atomic E-state index is 13.0. The molecule has 0 unspecified atom stereocenters. The zero-order valence-corrected chi connectivity index (χ0v) is 16.6. The Kier molecular flexibility index (Phi) is 6.14. The summed E-state index contributed by atoms with van der Waals surface area (Å²) in [6.45, 7) is 3.04. The molecule has 1 saturated heterocycles. The van der Waals surface area contributed by atoms with E-state index in [9.17, 15) is 18.3 Å². The normalized spacial score (nSPS) is 16.6. The van der Waals surface area contributed by atoms with Gasteiger partial charge in [-0.1, -0.05) is 18.2 Å². The largest absolute Gasteiger partial charge is 0.478 e. The van der Waals surface area contributed by atoms with Crippen molar-refractivity contribution in [3.05, 3.63) is 53.6 Å². The van der Waals surface area contributed by atoms with Crippen LogP contribution in [0.3, 0.4) is 0 Å². The van der Waals surface area contributed by atoms with Crippen LogP contribution in [-0.4, -0.2) is 57.2 Å². The molecule has 0 amide bonds. The SMILES string of the molecule is CO[C@@H](C)c1cccc(-c2cc(C(=O)O)cc(S(=O)(=O)N3CCOCC3)c2)c1. The van der Waals surface area contributed by atoms with Crippen LogP contribution in [0.15, 0.2) is 47.4 Å². The molecule has 7 nitrogen and oxygen atoms in total. The molecule has 150 valence electrons. The number of methoxy groups -OCH3 is 1. The Balaban J connectivity index is 2.09. The monoisotopic (exact) mass is 405 g/mol. The van der Waals surface area contributed by atoms with Crippen LogP contribution in [0.5, 0.6) is 0 Å². The maximum Gasteiger partial charge on any atom is 0.335 e. The molecule has 2 aromatic rings. The van der Waals surface area contributed by atoms with Gasteiger partial charge in [-0.3, -0.25) is 0 Å². The van der Waals surface area contributed by atoms with Crippen LogP contribution in [0.25, 0.3) is 11.1 Å². The first-order chi connectivity index (χ1) is 13.3. The fourth-order valence-corrected chi connectivity index (χ4v) is 4.56. The molecule has 1 heterocycles. The van der Waals surface area contributed by atoms with Crippen LogP contribution in [0, 0.1) is 0 Å². The third kappa shape index (κ3) is 4.25. The minimum Gasteiger partial charge on any atom is -0.478 e. The molecule has 1 N–H and O–H groups in total. The van der Waals surface area contributed by atoms with E-state index < -0.39 is 16.0 Å². The number of carboxylic acid groups (broad SMARTS) is 1. The molecule has 1 aliphatic rings. The Morgan fingerprint density at radius 2 is 1.86 bits per heavy atom. The van der Waals surface area contributed by atoms with Gasteiger partial charge in [0.1, 0.15) is 0 Å². The van der Waals surface area contributed by atoms with Gasteiger partial charge < -0.3 is 14.6 Å². The molecule has 1 aliphatic heterocycles. The summed E-state index contributed by atoms with van der Waals surface area (Å²) in [5, 5.41) is 9.49. The van der Waals surface area contributed by atoms with E-state index in [1.807, 2.05) is 31.2 Å². The van der Waals surface area contributed by atoms with Crippen LogP contribution >= 0.6 is 0 Å². The summed E-state index contributed by atoms with van der Waals surface area (Å²) in [4.78, 5) is 11.6. The Morgan fingerprint density at radius 3 is 2.50 bits per heavy atom. The van der Waals surface area contributed by atoms with Crippen LogP contribution in [0.2, 0.25) is 0 Å². The van der Waals surface area contributed by atoms with Crippen LogP contribution in [-0.2, 0) is 19.5 Å². The zero-order valence-electron chi connectivity index (χ0n) is 15.8. The lowest BCUT2D eigenvalue weighted by atomic mass is 9.99. The van der Waals surface area contributed by atoms with E-state index in [2.05, 4.69) is 0 Å². The van der Waals surface area contributed by atoms with Crippen molar-refractivity contribution < 1.29 is 27.8 Å². The van der Waals surface area contributed by atoms with Crippen molar-refractivity contribution in [3.8, 4) is 11.1 Å². The predicted molar refractivity (Wildman–Crippen MR) is 104 cm³/mol. The van der Waals surface area contributed by atoms with Gasteiger partial charge >= 0.3 is 5.97 Å². The fraction of sp³-hybridized carbons (Fsp3) is 0.350. The number of sulfonamides is 1. The summed E-state index contributed by atoms with van der Waals surface area (Å²) in [5.41, 5.74) is 2.09. The van der Waals surface area contributed by atoms with Gasteiger partial charge in [-0.15, -0.1) is 0 Å². The third-order valence-corrected chi connectivity index (χ3v) is 6.68. The van der Waals surface area contributed by atoms with Crippen LogP contribution < -0.4 is 0 Å². The van der Waals surface area contributed by atoms with Gasteiger partial charge in [-0.05, 0) is 47.9 Å². The highest BCUT2D eigenvalue weighted by Gasteiger charge is 2.27. The Hall–Kier alpha value is -2.26. The third-order valence-electron chi connectivity index (χ3n) is 4.80. The number of benzene rings is 2. The van der Waals surface area contributed by atoms with E-state index in [0.29, 0.717) is 18.8 Å². The lowest BCUT2D eigenvalue weighted by molar-refractivity contribution is 0.0696. The summed E-state index contributed by atoms with van der Waals surface area (Å²) >= 11 is 0. The molecule has 0 aromatic heterocycles. The van der Waals surface area contributed by atoms with Gasteiger partial charge in [0, 0.05) is 20.2 Å². The summed E-state index contributed by atoms with van der Waals surface area (Å²) < 4.78 is 37.9. The Labute approximate surface area is 164 Å². The first-order valence-corrected chi connectivity index (χ1v) is 10.4. The van der Waals surface area contributed by atoms with Crippen LogP contribution in [0.1, 0.15) is 28.9 Å². The van der Waals surface area contributed by atoms with Crippen molar-refractivity contribution in [2.75, 3.05) is 33.4 Å². The van der Waals surface area contributed by atoms with Crippen LogP contribution in [0.4, 0.5) is 0 Å². The molecule has 0 saturated carbocycles. The van der Waals surface area contributed by atoms with Crippen molar-refractivity contribution in [1.82, 2.24) is 4.31 Å². The molecule has 2 aromatic carbocycles. The lowest BCUT2D eigenvalue weighted by Crippen LogP contribution is -2.40. The molecule has 0 aliphatic carbocycles. The molecule has 1 atom stereocenters. The minimum absolute atomic E-state index is 0.0329. The standard InChI is InChI=1S/C20H23NO6S/c1-14(26-2)15-4-3-5-16(10-15)17-11-18(20(22)23)13-19(12-17)28(24,25)21-6-8-27-9-7-21/h3-5,10-14H,6-9H2,1-2H3,(H,22,23)/t14-/m0/s1. The van der Waals surface area contributed by atoms with Gasteiger partial charge in [-0.2, -0.15) is 4.31 Å². The average Bonchev–Trinajstić information content (AvgIpc) is 2.73. The van der Waals surface area contributed by atoms with Gasteiger partial charge in [-0.25, -0.2) is 13.2 Å². The molecule has 3 rings (SSSR count). The average molecular weight is 405 g/mol. The minimum atomic E-state index is -3.81. The molecule has 28 heavy (non-hydrogen) atoms. The highest BCUT2D eigenvalue weighted by Crippen LogP contribution is 2.29. The second-order valence-corrected chi connectivity index (χ2v) is 8.51. The zero-order chi connectivity index (χ0) is 20.3. The van der Waals surface area contributed by atoms with Gasteiger partial charge in [0.15, 0.2) is 0 Å². The Morgan fingerprint density at radius 1 is 1.14 bits per heavy atom. The number of ether oxygens (including phenoxy) is 2. The van der Waals surface area contributed by atoms with Gasteiger partial charge in [0.25, 0.3) is 0 Å². The molecule has 8 heteroatoms. The first kappa shape index (κ1) is 20.5. The van der Waals surface area contributed by atoms with E-state index in [-0.39, 0.29) is 29.7 Å². The van der Waals surface area contributed by atoms with Gasteiger partial charge in [0.05, 0.1) is 29.8 Å². The summed E-state index contributed by atoms with van der Waals surface area (Å²) in [5.74, 6) is -1.18. The smallest absolute Gasteiger partial charge is 0.335 e. The predicted octanol–water partition coefficient (Wildman–Crippen LogP) is 2.78. The number of carbonyl (C=O) groups is 1. The molecule has 0 bridgehead atoms. The van der Waals surface area contributed by atoms with Crippen molar-refractivity contribution in [2.24, 2.45) is 0 Å². The van der Waals surface area contributed by atoms with E-state index in [0.717, 1.165) is 11.1 Å². The topological polar surface area (TPSA) is 93.1 Å². The molecule has 0 spiro atoms. The van der Waals surface area contributed by atoms with Crippen molar-refractivity contribution in [1.29, 1.82) is 0 Å². The van der Waals surface area contributed by atoms with Crippen molar-refractivity contribution in [2.45, 2.75) is 17.9 Å². The number of hydrogen-bond acceptors (Lipinski definition) is 5. The van der Waals surface area contributed by atoms with Crippen molar-refractivity contribution in [3.63, 3.8) is 0 Å². The maximum atomic E-state index is 13.0. The summed E-state index contributed by atoms with van der Waals surface area (Å²) in [7, 11) is -2.21. The fourth-order valence-electron chi connectivity index (χ4n) is 3.08. The number of morpholine rings is 1. The second kappa shape index (κ2) is 8.40. The molecular formula is C20H23NO6S. The Bertz CT molecular complexity index is 966. The first-order valence-electron chi connectivity index (χ1n) is 8.92. The lowest BCUT2D eigenvalue weighted by Gasteiger charge is -2.26. The number of aromatic carboxylic acids is 1. The quantitative estimate of drug-likeness (QED) is 0.794. The number of nitrogens with zero attached hydrogens (tertiary/aromatic N) is 1. The molecule has 0 radical (unpaired) electrons. The van der Waals surface area contributed by atoms with E-state index in [4.69, 9.17) is 9.47 Å². The highest BCUT2D eigenvalue weighted by atomic mass is 32.2. The number of carboxylic acids is 1. The summed E-state index contributed by atoms with van der Waals surface area (Å²) in [6, 6.07) is 11.6. The molecular weight excluding hydrogens is 382 g/mol. The van der Waals surface area contributed by atoms with E-state index >= 15 is 0 Å². The van der Waals surface area contributed by atoms with Crippen molar-refractivity contribution >= 4 is 16.0 Å². The number of rotatable bonds is 6. The second-order valence-electron chi connectivity index (χ2n) is 6.57. The highest BCUT2D eigenvalue weighted by molar-refractivity contribution is 7.89. The van der Waals surface area contributed by atoms with Gasteiger partial charge in [0.2, 0.25) is 10.0 Å². The van der Waals surface area contributed by atoms with E-state index in [1.54, 1.807) is 7.11 Å². The number of hydrogen-bond donors (Lipinski definition) is 1. The molecule has 1 fully saturated rings. The van der Waals surface area contributed by atoms with E-state index in [1.165, 1.54) is 22.5 Å².